The van der Waals surface area contributed by atoms with Crippen molar-refractivity contribution in [2.24, 2.45) is 0 Å². The van der Waals surface area contributed by atoms with E-state index in [-0.39, 0.29) is 24.1 Å². The topological polar surface area (TPSA) is 32.3 Å². The summed E-state index contributed by atoms with van der Waals surface area (Å²) in [4.78, 5) is 14.2. The van der Waals surface area contributed by atoms with Crippen LogP contribution >= 0.6 is 12.4 Å². The Morgan fingerprint density at radius 2 is 1.90 bits per heavy atom. The Hall–Kier alpha value is -1.13. The zero-order valence-corrected chi connectivity index (χ0v) is 12.2. The van der Waals surface area contributed by atoms with Crippen LogP contribution in [0, 0.1) is 5.82 Å². The highest BCUT2D eigenvalue weighted by molar-refractivity contribution is 5.85. The maximum Gasteiger partial charge on any atom is 0.227 e. The van der Waals surface area contributed by atoms with Crippen molar-refractivity contribution in [1.82, 2.24) is 10.2 Å². The molecule has 2 unspecified atom stereocenters. The quantitative estimate of drug-likeness (QED) is 0.907. The molecule has 1 amide bonds. The van der Waals surface area contributed by atoms with E-state index in [9.17, 15) is 9.18 Å². The number of nitrogens with one attached hydrogen (secondary N) is 1. The zero-order valence-electron chi connectivity index (χ0n) is 11.3. The molecule has 2 aliphatic rings. The normalized spacial score (nSPS) is 24.9. The Labute approximate surface area is 124 Å². The van der Waals surface area contributed by atoms with Crippen LogP contribution in [0.15, 0.2) is 24.3 Å². The van der Waals surface area contributed by atoms with Gasteiger partial charge in [0.05, 0.1) is 6.42 Å². The van der Waals surface area contributed by atoms with Crippen molar-refractivity contribution < 1.29 is 9.18 Å². The van der Waals surface area contributed by atoms with Gasteiger partial charge in [0.2, 0.25) is 5.91 Å². The number of fused-ring (bicyclic) bond motifs is 2. The fourth-order valence-corrected chi connectivity index (χ4v) is 3.06. The van der Waals surface area contributed by atoms with Crippen LogP contribution in [0.25, 0.3) is 0 Å². The molecular formula is C15H20ClFN2O. The molecule has 2 fully saturated rings. The third-order valence-corrected chi connectivity index (χ3v) is 4.14. The second-order valence-corrected chi connectivity index (χ2v) is 5.57. The summed E-state index contributed by atoms with van der Waals surface area (Å²) in [6.45, 7) is 1.66. The Bertz CT molecular complexity index is 465. The first-order valence-electron chi connectivity index (χ1n) is 6.99. The molecule has 0 aromatic heterocycles. The summed E-state index contributed by atoms with van der Waals surface area (Å²) in [5.41, 5.74) is 0.883. The van der Waals surface area contributed by atoms with E-state index in [4.69, 9.17) is 0 Å². The lowest BCUT2D eigenvalue weighted by molar-refractivity contribution is -0.130. The van der Waals surface area contributed by atoms with Gasteiger partial charge in [0.1, 0.15) is 5.82 Å². The van der Waals surface area contributed by atoms with Crippen molar-refractivity contribution in [1.29, 1.82) is 0 Å². The predicted octanol–water partition coefficient (Wildman–Crippen LogP) is 2.14. The number of carbonyl (C=O) groups is 1. The fraction of sp³-hybridized carbons (Fsp3) is 0.533. The van der Waals surface area contributed by atoms with Gasteiger partial charge in [-0.15, -0.1) is 12.4 Å². The van der Waals surface area contributed by atoms with Gasteiger partial charge < -0.3 is 10.2 Å². The van der Waals surface area contributed by atoms with Gasteiger partial charge >= 0.3 is 0 Å². The van der Waals surface area contributed by atoms with Gasteiger partial charge in [-0.1, -0.05) is 12.1 Å². The molecule has 110 valence electrons. The standard InChI is InChI=1S/C15H19FN2O.ClH/c16-12-3-1-11(2-4-12)9-15(19)18-8-7-13-5-6-14(10-18)17-13;/h1-4,13-14,17H,5-10H2;1H. The molecule has 2 atom stereocenters. The Morgan fingerprint density at radius 1 is 1.20 bits per heavy atom. The third kappa shape index (κ3) is 3.49. The van der Waals surface area contributed by atoms with Crippen LogP contribution in [0.2, 0.25) is 0 Å². The maximum atomic E-state index is 12.8. The Kier molecular flexibility index (Phi) is 5.00. The Balaban J connectivity index is 0.00000147. The molecule has 1 aromatic carbocycles. The van der Waals surface area contributed by atoms with Crippen molar-refractivity contribution in [2.75, 3.05) is 13.1 Å². The molecule has 5 heteroatoms. The van der Waals surface area contributed by atoms with E-state index >= 15 is 0 Å². The number of rotatable bonds is 2. The van der Waals surface area contributed by atoms with E-state index in [1.165, 1.54) is 25.0 Å². The highest BCUT2D eigenvalue weighted by Crippen LogP contribution is 2.20. The summed E-state index contributed by atoms with van der Waals surface area (Å²) < 4.78 is 12.8. The van der Waals surface area contributed by atoms with Gasteiger partial charge in [0.25, 0.3) is 0 Å². The number of amides is 1. The van der Waals surface area contributed by atoms with Crippen LogP contribution in [0.5, 0.6) is 0 Å². The molecule has 1 aromatic rings. The number of benzene rings is 1. The molecule has 2 bridgehead atoms. The Morgan fingerprint density at radius 3 is 2.65 bits per heavy atom. The minimum atomic E-state index is -0.257. The number of hydrogen-bond acceptors (Lipinski definition) is 2. The number of likely N-dealkylation sites (tertiary alicyclic amines) is 1. The SMILES string of the molecule is Cl.O=C(Cc1ccc(F)cc1)N1CCC2CCC(C1)N2. The molecule has 2 heterocycles. The van der Waals surface area contributed by atoms with Gasteiger partial charge in [0, 0.05) is 25.2 Å². The second-order valence-electron chi connectivity index (χ2n) is 5.57. The number of carbonyl (C=O) groups excluding carboxylic acids is 1. The van der Waals surface area contributed by atoms with E-state index in [2.05, 4.69) is 5.32 Å². The highest BCUT2D eigenvalue weighted by atomic mass is 35.5. The summed E-state index contributed by atoms with van der Waals surface area (Å²) >= 11 is 0. The summed E-state index contributed by atoms with van der Waals surface area (Å²) in [5, 5.41) is 3.57. The predicted molar refractivity (Wildman–Crippen MR) is 78.5 cm³/mol. The van der Waals surface area contributed by atoms with E-state index in [0.717, 1.165) is 25.1 Å². The van der Waals surface area contributed by atoms with Gasteiger partial charge in [-0.2, -0.15) is 0 Å². The molecule has 0 aliphatic carbocycles. The maximum absolute atomic E-state index is 12.8. The molecule has 2 saturated heterocycles. The summed E-state index contributed by atoms with van der Waals surface area (Å²) in [6, 6.07) is 7.26. The summed E-state index contributed by atoms with van der Waals surface area (Å²) in [6.07, 6.45) is 3.83. The van der Waals surface area contributed by atoms with Gasteiger partial charge in [-0.3, -0.25) is 4.79 Å². The average molecular weight is 299 g/mol. The highest BCUT2D eigenvalue weighted by Gasteiger charge is 2.30. The molecule has 20 heavy (non-hydrogen) atoms. The lowest BCUT2D eigenvalue weighted by Gasteiger charge is -2.24. The molecule has 3 nitrogen and oxygen atoms in total. The largest absolute Gasteiger partial charge is 0.341 e. The second kappa shape index (κ2) is 6.55. The number of halogens is 2. The first kappa shape index (κ1) is 15.3. The lowest BCUT2D eigenvalue weighted by atomic mass is 10.1. The molecule has 3 rings (SSSR count). The molecule has 0 spiro atoms. The molecule has 1 N–H and O–H groups in total. The summed E-state index contributed by atoms with van der Waals surface area (Å²) in [7, 11) is 0. The van der Waals surface area contributed by atoms with Crippen molar-refractivity contribution >= 4 is 18.3 Å². The monoisotopic (exact) mass is 298 g/mol. The first-order valence-corrected chi connectivity index (χ1v) is 6.99. The first-order chi connectivity index (χ1) is 9.20. The third-order valence-electron chi connectivity index (χ3n) is 4.14. The van der Waals surface area contributed by atoms with Crippen LogP contribution in [0.1, 0.15) is 24.8 Å². The van der Waals surface area contributed by atoms with Crippen LogP contribution in [-0.4, -0.2) is 36.0 Å². The van der Waals surface area contributed by atoms with Crippen molar-refractivity contribution in [3.8, 4) is 0 Å². The van der Waals surface area contributed by atoms with Crippen LogP contribution in [-0.2, 0) is 11.2 Å². The molecule has 0 radical (unpaired) electrons. The number of nitrogens with zero attached hydrogens (tertiary/aromatic N) is 1. The molecular weight excluding hydrogens is 279 g/mol. The van der Waals surface area contributed by atoms with Crippen molar-refractivity contribution in [3.63, 3.8) is 0 Å². The van der Waals surface area contributed by atoms with E-state index in [0.29, 0.717) is 18.5 Å². The average Bonchev–Trinajstić information content (AvgIpc) is 2.71. The van der Waals surface area contributed by atoms with Crippen molar-refractivity contribution in [2.45, 2.75) is 37.8 Å². The van der Waals surface area contributed by atoms with Gasteiger partial charge in [-0.05, 0) is 37.0 Å². The smallest absolute Gasteiger partial charge is 0.227 e. The summed E-state index contributed by atoms with van der Waals surface area (Å²) in [5.74, 6) is -0.103. The van der Waals surface area contributed by atoms with E-state index < -0.39 is 0 Å². The van der Waals surface area contributed by atoms with Crippen molar-refractivity contribution in [3.05, 3.63) is 35.6 Å². The van der Waals surface area contributed by atoms with E-state index in [1.54, 1.807) is 12.1 Å². The zero-order chi connectivity index (χ0) is 13.2. The molecule has 2 aliphatic heterocycles. The van der Waals surface area contributed by atoms with Gasteiger partial charge in [0.15, 0.2) is 0 Å². The van der Waals surface area contributed by atoms with Gasteiger partial charge in [-0.25, -0.2) is 4.39 Å². The fourth-order valence-electron chi connectivity index (χ4n) is 3.06. The number of hydrogen-bond donors (Lipinski definition) is 1. The van der Waals surface area contributed by atoms with E-state index in [1.807, 2.05) is 4.90 Å². The minimum Gasteiger partial charge on any atom is -0.341 e. The minimum absolute atomic E-state index is 0. The van der Waals surface area contributed by atoms with Crippen LogP contribution in [0.3, 0.4) is 0 Å². The lowest BCUT2D eigenvalue weighted by Crippen LogP contribution is -2.39. The van der Waals surface area contributed by atoms with Crippen LogP contribution in [0.4, 0.5) is 4.39 Å². The van der Waals surface area contributed by atoms with Crippen LogP contribution < -0.4 is 5.32 Å². The molecule has 0 saturated carbocycles.